The second-order valence-corrected chi connectivity index (χ2v) is 21.4. The fraction of sp³-hybridized carbons (Fsp3) is 0.448. The van der Waals surface area contributed by atoms with Gasteiger partial charge in [0.25, 0.3) is 0 Å². The van der Waals surface area contributed by atoms with Crippen LogP contribution in [0.4, 0.5) is 26.3 Å². The van der Waals surface area contributed by atoms with Crippen LogP contribution in [0.15, 0.2) is 102 Å². The molecule has 2 fully saturated rings. The van der Waals surface area contributed by atoms with Crippen LogP contribution in [0.25, 0.3) is 12.2 Å². The van der Waals surface area contributed by atoms with E-state index in [2.05, 4.69) is 37.9 Å². The Kier molecular flexibility index (Phi) is 21.2. The quantitative estimate of drug-likeness (QED) is 0.0557. The fourth-order valence-corrected chi connectivity index (χ4v) is 12.6. The number of nitrogens with one attached hydrogen (secondary N) is 3. The first-order valence-corrected chi connectivity index (χ1v) is 27.0. The maximum Gasteiger partial charge on any atom is 0.416 e. The number of carbonyl (C=O) groups is 4. The molecule has 4 aromatic rings. The van der Waals surface area contributed by atoms with E-state index in [-0.39, 0.29) is 57.9 Å². The number of piperidine rings is 2. The van der Waals surface area contributed by atoms with Crippen molar-refractivity contribution in [3.8, 4) is 0 Å². The van der Waals surface area contributed by atoms with E-state index < -0.39 is 29.4 Å². The number of nitrogens with zero attached hydrogens (tertiary/aromatic N) is 3. The summed E-state index contributed by atoms with van der Waals surface area (Å²) in [5.41, 5.74) is 2.32. The lowest BCUT2D eigenvalue weighted by atomic mass is 9.73. The molecule has 77 heavy (non-hydrogen) atoms. The Balaban J connectivity index is 0.000000227. The summed E-state index contributed by atoms with van der Waals surface area (Å²) < 4.78 is 80.4. The molecule has 4 N–H and O–H groups in total. The summed E-state index contributed by atoms with van der Waals surface area (Å²) in [7, 11) is 7.55. The summed E-state index contributed by atoms with van der Waals surface area (Å²) in [4.78, 5) is 55.0. The normalized spacial score (nSPS) is 18.4. The van der Waals surface area contributed by atoms with Gasteiger partial charge in [0.05, 0.1) is 17.5 Å². The molecule has 2 atom stereocenters. The third-order valence-electron chi connectivity index (χ3n) is 15.3. The Morgan fingerprint density at radius 3 is 1.53 bits per heavy atom. The highest BCUT2D eigenvalue weighted by Gasteiger charge is 2.49. The van der Waals surface area contributed by atoms with Crippen LogP contribution in [0.3, 0.4) is 0 Å². The van der Waals surface area contributed by atoms with Crippen LogP contribution in [0.5, 0.6) is 0 Å². The predicted octanol–water partition coefficient (Wildman–Crippen LogP) is 10.9. The van der Waals surface area contributed by atoms with Crippen molar-refractivity contribution in [1.29, 1.82) is 0 Å². The van der Waals surface area contributed by atoms with Gasteiger partial charge in [-0.2, -0.15) is 26.3 Å². The zero-order chi connectivity index (χ0) is 56.1. The van der Waals surface area contributed by atoms with E-state index in [9.17, 15) is 50.6 Å². The Morgan fingerprint density at radius 2 is 1.08 bits per heavy atom. The monoisotopic (exact) mass is 1160 g/mol. The number of benzene rings is 4. The van der Waals surface area contributed by atoms with Gasteiger partial charge in [-0.3, -0.25) is 19.2 Å². The molecule has 4 aromatic carbocycles. The minimum Gasteiger partial charge on any atom is -0.481 e. The first kappa shape index (κ1) is 60.7. The molecule has 2 saturated heterocycles. The van der Waals surface area contributed by atoms with Crippen molar-refractivity contribution in [2.24, 2.45) is 0 Å². The van der Waals surface area contributed by atoms with Crippen LogP contribution in [0.1, 0.15) is 108 Å². The minimum atomic E-state index is -4.49. The molecular formula is C58H68BrClF6N6O5. The molecule has 0 aromatic heterocycles. The van der Waals surface area contributed by atoms with Gasteiger partial charge in [-0.1, -0.05) is 88.2 Å². The third-order valence-corrected chi connectivity index (χ3v) is 16.3. The number of carboxylic acid groups (broad SMARTS) is 1. The zero-order valence-electron chi connectivity index (χ0n) is 43.8. The Hall–Kier alpha value is -5.53. The van der Waals surface area contributed by atoms with Gasteiger partial charge in [-0.05, 0) is 141 Å². The summed E-state index contributed by atoms with van der Waals surface area (Å²) in [5, 5.41) is 19.1. The van der Waals surface area contributed by atoms with Crippen molar-refractivity contribution < 1.29 is 50.6 Å². The van der Waals surface area contributed by atoms with Crippen molar-refractivity contribution in [3.63, 3.8) is 0 Å². The van der Waals surface area contributed by atoms with Crippen molar-refractivity contribution in [1.82, 2.24) is 30.7 Å². The highest BCUT2D eigenvalue weighted by Crippen LogP contribution is 2.56. The zero-order valence-corrected chi connectivity index (χ0v) is 46.1. The van der Waals surface area contributed by atoms with Crippen molar-refractivity contribution in [2.75, 3.05) is 80.5 Å². The Bertz CT molecular complexity index is 2750. The van der Waals surface area contributed by atoms with Crippen molar-refractivity contribution >= 4 is 63.4 Å². The number of halogens is 8. The second-order valence-electron chi connectivity index (χ2n) is 20.2. The molecular weight excluding hydrogens is 1090 g/mol. The number of hydrogen-bond donors (Lipinski definition) is 4. The molecule has 8 rings (SSSR count). The maximum absolute atomic E-state index is 13.3. The summed E-state index contributed by atoms with van der Waals surface area (Å²) in [6, 6.07) is 22.1. The summed E-state index contributed by atoms with van der Waals surface area (Å²) in [5.74, 6) is -1.41. The second kappa shape index (κ2) is 26.9. The fourth-order valence-electron chi connectivity index (χ4n) is 11.4. The maximum atomic E-state index is 13.3. The smallest absolute Gasteiger partial charge is 0.416 e. The summed E-state index contributed by atoms with van der Waals surface area (Å²) in [6.45, 7) is 5.32. The Morgan fingerprint density at radius 1 is 0.649 bits per heavy atom. The summed E-state index contributed by atoms with van der Waals surface area (Å²) in [6.07, 6.45) is 0.600. The molecule has 0 bridgehead atoms. The van der Waals surface area contributed by atoms with E-state index in [1.807, 2.05) is 58.5 Å². The average molecular weight is 1160 g/mol. The number of carbonyl (C=O) groups excluding carboxylic acids is 3. The molecule has 3 amide bonds. The summed E-state index contributed by atoms with van der Waals surface area (Å²) >= 11 is 10.3. The lowest BCUT2D eigenvalue weighted by Gasteiger charge is -2.40. The lowest BCUT2D eigenvalue weighted by Crippen LogP contribution is -2.44. The molecule has 2 heterocycles. The van der Waals surface area contributed by atoms with Crippen molar-refractivity contribution in [2.45, 2.75) is 86.4 Å². The van der Waals surface area contributed by atoms with E-state index in [0.29, 0.717) is 76.3 Å². The van der Waals surface area contributed by atoms with Crippen LogP contribution < -0.4 is 16.0 Å². The molecule has 11 nitrogen and oxygen atoms in total. The largest absolute Gasteiger partial charge is 0.481 e. The molecule has 0 saturated carbocycles. The van der Waals surface area contributed by atoms with E-state index in [0.717, 1.165) is 64.9 Å². The predicted molar refractivity (Wildman–Crippen MR) is 293 cm³/mol. The first-order valence-electron chi connectivity index (χ1n) is 25.8. The minimum absolute atomic E-state index is 0.0365. The number of fused-ring (bicyclic) bond motifs is 4. The number of amides is 3. The van der Waals surface area contributed by atoms with Gasteiger partial charge < -0.3 is 35.8 Å². The van der Waals surface area contributed by atoms with Gasteiger partial charge in [-0.25, -0.2) is 0 Å². The van der Waals surface area contributed by atoms with Gasteiger partial charge in [0.15, 0.2) is 0 Å². The average Bonchev–Trinajstić information content (AvgIpc) is 3.98. The first-order chi connectivity index (χ1) is 36.6. The highest BCUT2D eigenvalue weighted by molar-refractivity contribution is 9.10. The SMILES string of the molecule is CNCCN(C)C(=O)CC1CC2(CCN(C(=O)/C=C/c3ccccc3C(F)(F)F)CC2)c2c(Cl)cccc21.CNCCNC.O=C(O)CC1CC2(CCN(C(=O)/C=C/c3ccccc3C(F)(F)F)CC2)c2c(Br)cccc21. The van der Waals surface area contributed by atoms with Crippen LogP contribution >= 0.6 is 27.5 Å². The van der Waals surface area contributed by atoms with Crippen LogP contribution in [0, 0.1) is 0 Å². The van der Waals surface area contributed by atoms with Crippen LogP contribution in [0.2, 0.25) is 5.02 Å². The van der Waals surface area contributed by atoms with Gasteiger partial charge in [0.2, 0.25) is 17.7 Å². The van der Waals surface area contributed by atoms with Crippen LogP contribution in [-0.4, -0.2) is 124 Å². The number of likely N-dealkylation sites (tertiary alicyclic amines) is 2. The van der Waals surface area contributed by atoms with Gasteiger partial charge in [0.1, 0.15) is 0 Å². The molecule has 416 valence electrons. The van der Waals surface area contributed by atoms with Crippen LogP contribution in [-0.2, 0) is 42.4 Å². The number of carboxylic acids is 1. The van der Waals surface area contributed by atoms with Crippen molar-refractivity contribution in [3.05, 3.63) is 151 Å². The molecule has 4 aliphatic rings. The molecule has 0 radical (unpaired) electrons. The standard InChI is InChI=1S/C29H33ClF3N3O2.C25H23BrF3NO3.C4H12N2/c1-34-14-17-35(2)26(38)18-21-19-28(27-22(21)7-5-9-24(27)30)12-15-36(16-13-28)25(37)11-10-20-6-3-4-8-23(20)29(31,32)33;26-20-7-3-5-18-17(14-22(32)33)15-24(23(18)20)10-12-30(13-11-24)21(31)9-8-16-4-1-2-6-19(16)25(27,28)29;1-5-3-4-6-2/h3-11,21,34H,12-19H2,1-2H3;1-9,17H,10-15H2,(H,32,33);5-6H,3-4H2,1-2H3/b11-10+;9-8+;. The van der Waals surface area contributed by atoms with E-state index >= 15 is 0 Å². The highest BCUT2D eigenvalue weighted by atomic mass is 79.9. The van der Waals surface area contributed by atoms with E-state index in [1.165, 1.54) is 60.7 Å². The van der Waals surface area contributed by atoms with Gasteiger partial charge in [0, 0.05) is 98.3 Å². The number of likely N-dealkylation sites (N-methyl/N-ethyl adjacent to an activating group) is 4. The Labute approximate surface area is 460 Å². The third kappa shape index (κ3) is 15.2. The van der Waals surface area contributed by atoms with Gasteiger partial charge in [-0.15, -0.1) is 0 Å². The molecule has 2 spiro atoms. The van der Waals surface area contributed by atoms with E-state index in [1.54, 1.807) is 14.7 Å². The molecule has 2 unspecified atom stereocenters. The number of aliphatic carboxylic acids is 1. The van der Waals surface area contributed by atoms with Gasteiger partial charge >= 0.3 is 18.3 Å². The molecule has 2 aliphatic carbocycles. The molecule has 2 aliphatic heterocycles. The van der Waals surface area contributed by atoms with E-state index in [4.69, 9.17) is 11.6 Å². The molecule has 19 heteroatoms. The topological polar surface area (TPSA) is 134 Å². The number of hydrogen-bond acceptors (Lipinski definition) is 7. The number of rotatable bonds is 14. The lowest BCUT2D eigenvalue weighted by molar-refractivity contribution is -0.138. The number of alkyl halides is 6.